The molecule has 3 nitrogen and oxygen atoms in total. The van der Waals surface area contributed by atoms with E-state index in [1.54, 1.807) is 24.3 Å². The van der Waals surface area contributed by atoms with Crippen LogP contribution in [-0.4, -0.2) is 18.2 Å². The highest BCUT2D eigenvalue weighted by Crippen LogP contribution is 2.30. The van der Waals surface area contributed by atoms with Gasteiger partial charge in [-0.2, -0.15) is 0 Å². The van der Waals surface area contributed by atoms with Crippen LogP contribution in [0.5, 0.6) is 0 Å². The van der Waals surface area contributed by atoms with Gasteiger partial charge in [0.15, 0.2) is 5.78 Å². The molecule has 106 valence electrons. The standard InChI is InChI=1S/C16H11ClFNO2/c17-11-5-3-6-12(18)15(11)16(21)19-9-8-14(20)10-4-1-2-7-13(10)19/h1-7H,8-9H2. The molecule has 0 fully saturated rings. The van der Waals surface area contributed by atoms with Gasteiger partial charge in [-0.25, -0.2) is 4.39 Å². The number of carbonyl (C=O) groups is 2. The molecular formula is C16H11ClFNO2. The third-order valence-electron chi connectivity index (χ3n) is 3.48. The van der Waals surface area contributed by atoms with E-state index >= 15 is 0 Å². The highest BCUT2D eigenvalue weighted by Gasteiger charge is 2.29. The maximum absolute atomic E-state index is 13.9. The number of para-hydroxylation sites is 1. The number of anilines is 1. The van der Waals surface area contributed by atoms with Crippen molar-refractivity contribution in [2.45, 2.75) is 6.42 Å². The van der Waals surface area contributed by atoms with Gasteiger partial charge in [-0.15, -0.1) is 0 Å². The van der Waals surface area contributed by atoms with Crippen molar-refractivity contribution in [1.29, 1.82) is 0 Å². The van der Waals surface area contributed by atoms with Gasteiger partial charge in [-0.3, -0.25) is 9.59 Å². The zero-order chi connectivity index (χ0) is 15.0. The number of amides is 1. The predicted molar refractivity (Wildman–Crippen MR) is 78.5 cm³/mol. The highest BCUT2D eigenvalue weighted by atomic mass is 35.5. The van der Waals surface area contributed by atoms with Crippen molar-refractivity contribution >= 4 is 29.0 Å². The number of ketones is 1. The fourth-order valence-electron chi connectivity index (χ4n) is 2.46. The lowest BCUT2D eigenvalue weighted by molar-refractivity contribution is 0.0953. The maximum Gasteiger partial charge on any atom is 0.262 e. The summed E-state index contributed by atoms with van der Waals surface area (Å²) < 4.78 is 13.9. The van der Waals surface area contributed by atoms with E-state index in [2.05, 4.69) is 0 Å². The van der Waals surface area contributed by atoms with Crippen LogP contribution in [0.2, 0.25) is 5.02 Å². The molecule has 0 N–H and O–H groups in total. The summed E-state index contributed by atoms with van der Waals surface area (Å²) in [5.41, 5.74) is 0.811. The molecule has 2 aromatic carbocycles. The summed E-state index contributed by atoms with van der Waals surface area (Å²) in [5.74, 6) is -1.21. The van der Waals surface area contributed by atoms with Gasteiger partial charge in [0.25, 0.3) is 5.91 Å². The average Bonchev–Trinajstić information content (AvgIpc) is 2.47. The minimum absolute atomic E-state index is 0.0192. The van der Waals surface area contributed by atoms with E-state index < -0.39 is 11.7 Å². The molecule has 1 aliphatic heterocycles. The molecule has 1 heterocycles. The molecule has 0 spiro atoms. The van der Waals surface area contributed by atoms with Crippen molar-refractivity contribution < 1.29 is 14.0 Å². The van der Waals surface area contributed by atoms with Gasteiger partial charge in [0.2, 0.25) is 0 Å². The monoisotopic (exact) mass is 303 g/mol. The van der Waals surface area contributed by atoms with Crippen molar-refractivity contribution in [3.63, 3.8) is 0 Å². The summed E-state index contributed by atoms with van der Waals surface area (Å²) in [6.07, 6.45) is 0.217. The maximum atomic E-state index is 13.9. The Morgan fingerprint density at radius 2 is 1.90 bits per heavy atom. The quantitative estimate of drug-likeness (QED) is 0.805. The Morgan fingerprint density at radius 1 is 1.14 bits per heavy atom. The topological polar surface area (TPSA) is 37.4 Å². The van der Waals surface area contributed by atoms with Crippen molar-refractivity contribution in [2.24, 2.45) is 0 Å². The van der Waals surface area contributed by atoms with E-state index in [0.717, 1.165) is 0 Å². The summed E-state index contributed by atoms with van der Waals surface area (Å²) in [6.45, 7) is 0.222. The molecule has 3 rings (SSSR count). The molecule has 1 amide bonds. The molecule has 0 aliphatic carbocycles. The first-order chi connectivity index (χ1) is 10.1. The summed E-state index contributed by atoms with van der Waals surface area (Å²) >= 11 is 5.94. The fraction of sp³-hybridized carbons (Fsp3) is 0.125. The Balaban J connectivity index is 2.08. The molecule has 0 aromatic heterocycles. The van der Waals surface area contributed by atoms with Crippen LogP contribution >= 0.6 is 11.6 Å². The van der Waals surface area contributed by atoms with Crippen molar-refractivity contribution in [3.05, 3.63) is 64.4 Å². The van der Waals surface area contributed by atoms with Crippen LogP contribution in [-0.2, 0) is 0 Å². The van der Waals surface area contributed by atoms with Crippen LogP contribution in [0.25, 0.3) is 0 Å². The smallest absolute Gasteiger partial charge is 0.262 e. The Bertz CT molecular complexity index is 725. The SMILES string of the molecule is O=C1CCN(C(=O)c2c(F)cccc2Cl)c2ccccc21. The third-order valence-corrected chi connectivity index (χ3v) is 3.79. The molecule has 0 bridgehead atoms. The first-order valence-electron chi connectivity index (χ1n) is 6.47. The van der Waals surface area contributed by atoms with Gasteiger partial charge in [-0.05, 0) is 24.3 Å². The second kappa shape index (κ2) is 5.30. The Labute approximate surface area is 125 Å². The minimum atomic E-state index is -0.665. The summed E-state index contributed by atoms with van der Waals surface area (Å²) in [7, 11) is 0. The van der Waals surface area contributed by atoms with E-state index in [-0.39, 0.29) is 29.3 Å². The van der Waals surface area contributed by atoms with Crippen LogP contribution < -0.4 is 4.90 Å². The number of hydrogen-bond donors (Lipinski definition) is 0. The molecule has 21 heavy (non-hydrogen) atoms. The second-order valence-electron chi connectivity index (χ2n) is 4.74. The predicted octanol–water partition coefficient (Wildman–Crippen LogP) is 3.71. The largest absolute Gasteiger partial charge is 0.307 e. The van der Waals surface area contributed by atoms with Crippen LogP contribution in [0.15, 0.2) is 42.5 Å². The lowest BCUT2D eigenvalue weighted by atomic mass is 9.99. The molecule has 0 saturated carbocycles. The van der Waals surface area contributed by atoms with E-state index in [1.165, 1.54) is 23.1 Å². The number of carbonyl (C=O) groups excluding carboxylic acids is 2. The molecule has 0 unspecified atom stereocenters. The van der Waals surface area contributed by atoms with Crippen LogP contribution in [0.3, 0.4) is 0 Å². The molecule has 0 radical (unpaired) electrons. The van der Waals surface area contributed by atoms with Crippen molar-refractivity contribution in [2.75, 3.05) is 11.4 Å². The summed E-state index contributed by atoms with van der Waals surface area (Å²) in [4.78, 5) is 25.9. The van der Waals surface area contributed by atoms with Crippen LogP contribution in [0.4, 0.5) is 10.1 Å². The van der Waals surface area contributed by atoms with Gasteiger partial charge in [0, 0.05) is 18.5 Å². The second-order valence-corrected chi connectivity index (χ2v) is 5.15. The van der Waals surface area contributed by atoms with Crippen LogP contribution in [0, 0.1) is 5.82 Å². The van der Waals surface area contributed by atoms with Gasteiger partial charge < -0.3 is 4.90 Å². The Hall–Kier alpha value is -2.20. The van der Waals surface area contributed by atoms with E-state index in [9.17, 15) is 14.0 Å². The number of halogens is 2. The first kappa shape index (κ1) is 13.8. The highest BCUT2D eigenvalue weighted by molar-refractivity contribution is 6.34. The van der Waals surface area contributed by atoms with Crippen molar-refractivity contribution in [1.82, 2.24) is 0 Å². The fourth-order valence-corrected chi connectivity index (χ4v) is 2.71. The minimum Gasteiger partial charge on any atom is -0.307 e. The van der Waals surface area contributed by atoms with Crippen molar-refractivity contribution in [3.8, 4) is 0 Å². The number of hydrogen-bond acceptors (Lipinski definition) is 2. The van der Waals surface area contributed by atoms with Gasteiger partial charge in [-0.1, -0.05) is 29.8 Å². The number of fused-ring (bicyclic) bond motifs is 1. The lowest BCUT2D eigenvalue weighted by Gasteiger charge is -2.29. The normalized spacial score (nSPS) is 14.0. The first-order valence-corrected chi connectivity index (χ1v) is 6.85. The average molecular weight is 304 g/mol. The van der Waals surface area contributed by atoms with Crippen LogP contribution in [0.1, 0.15) is 27.1 Å². The molecule has 0 atom stereocenters. The number of benzene rings is 2. The number of rotatable bonds is 1. The summed E-state index contributed by atoms with van der Waals surface area (Å²) in [6, 6.07) is 10.9. The molecule has 5 heteroatoms. The lowest BCUT2D eigenvalue weighted by Crippen LogP contribution is -2.38. The van der Waals surface area contributed by atoms with Gasteiger partial charge in [0.05, 0.1) is 16.3 Å². The molecule has 2 aromatic rings. The summed E-state index contributed by atoms with van der Waals surface area (Å²) in [5, 5.41) is 0.0642. The van der Waals surface area contributed by atoms with E-state index in [4.69, 9.17) is 11.6 Å². The third kappa shape index (κ3) is 2.32. The zero-order valence-corrected chi connectivity index (χ0v) is 11.7. The van der Waals surface area contributed by atoms with Gasteiger partial charge >= 0.3 is 0 Å². The zero-order valence-electron chi connectivity index (χ0n) is 11.0. The number of Topliss-reactive ketones (excluding diaryl/α,β-unsaturated/α-hetero) is 1. The Kier molecular flexibility index (Phi) is 3.47. The molecule has 1 aliphatic rings. The van der Waals surface area contributed by atoms with Gasteiger partial charge in [0.1, 0.15) is 5.82 Å². The Morgan fingerprint density at radius 3 is 2.67 bits per heavy atom. The number of nitrogens with zero attached hydrogens (tertiary/aromatic N) is 1. The van der Waals surface area contributed by atoms with E-state index in [1.807, 2.05) is 0 Å². The molecular weight excluding hydrogens is 293 g/mol. The van der Waals surface area contributed by atoms with E-state index in [0.29, 0.717) is 11.3 Å². The molecule has 0 saturated heterocycles.